The van der Waals surface area contributed by atoms with Gasteiger partial charge in [-0.2, -0.15) is 0 Å². The van der Waals surface area contributed by atoms with E-state index in [9.17, 15) is 0 Å². The number of nitrogens with one attached hydrogen (secondary N) is 1. The second kappa shape index (κ2) is 6.23. The first-order valence-corrected chi connectivity index (χ1v) is 7.98. The molecule has 1 aromatic carbocycles. The van der Waals surface area contributed by atoms with Gasteiger partial charge in [0.1, 0.15) is 0 Å². The van der Waals surface area contributed by atoms with Gasteiger partial charge in [-0.3, -0.25) is 0 Å². The Morgan fingerprint density at radius 2 is 2.26 bits per heavy atom. The van der Waals surface area contributed by atoms with Gasteiger partial charge in [-0.15, -0.1) is 11.3 Å². The zero-order chi connectivity index (χ0) is 13.1. The van der Waals surface area contributed by atoms with Gasteiger partial charge in [0.25, 0.3) is 0 Å². The van der Waals surface area contributed by atoms with Crippen molar-refractivity contribution in [1.82, 2.24) is 5.32 Å². The number of thiophene rings is 1. The summed E-state index contributed by atoms with van der Waals surface area (Å²) in [6, 6.07) is 8.32. The molecule has 1 aliphatic rings. The molecule has 0 bridgehead atoms. The fourth-order valence-electron chi connectivity index (χ4n) is 2.54. The van der Waals surface area contributed by atoms with E-state index in [2.05, 4.69) is 23.5 Å². The summed E-state index contributed by atoms with van der Waals surface area (Å²) >= 11 is 8.21. The molecular formula is C15H18ClNOS. The highest BCUT2D eigenvalue weighted by Gasteiger charge is 2.14. The summed E-state index contributed by atoms with van der Waals surface area (Å²) in [5.74, 6) is 0.655. The van der Waals surface area contributed by atoms with Crippen LogP contribution in [0.1, 0.15) is 17.7 Å². The number of fused-ring (bicyclic) bond motifs is 1. The van der Waals surface area contributed by atoms with Crippen LogP contribution >= 0.6 is 22.9 Å². The minimum atomic E-state index is 0.655. The number of rotatable bonds is 4. The highest BCUT2D eigenvalue weighted by Crippen LogP contribution is 2.34. The Hall–Kier alpha value is -0.610. The molecule has 0 spiro atoms. The van der Waals surface area contributed by atoms with E-state index >= 15 is 0 Å². The van der Waals surface area contributed by atoms with Crippen LogP contribution in [0.15, 0.2) is 24.3 Å². The SMILES string of the molecule is Clc1c(CNCC2CCCOC2)sc2ccccc12. The van der Waals surface area contributed by atoms with Crippen molar-refractivity contribution in [3.63, 3.8) is 0 Å². The number of ether oxygens (including phenoxy) is 1. The normalized spacial score (nSPS) is 19.9. The third-order valence-corrected chi connectivity index (χ3v) is 5.29. The Kier molecular flexibility index (Phi) is 4.38. The molecule has 0 saturated carbocycles. The standard InChI is InChI=1S/C15H18ClNOS/c16-15-12-5-1-2-6-13(12)19-14(15)9-17-8-11-4-3-7-18-10-11/h1-2,5-6,11,17H,3-4,7-10H2. The second-order valence-electron chi connectivity index (χ2n) is 5.05. The first-order chi connectivity index (χ1) is 9.34. The van der Waals surface area contributed by atoms with E-state index in [1.807, 2.05) is 6.07 Å². The van der Waals surface area contributed by atoms with Gasteiger partial charge in [-0.25, -0.2) is 0 Å². The molecule has 1 N–H and O–H groups in total. The summed E-state index contributed by atoms with van der Waals surface area (Å²) in [6.45, 7) is 3.70. The van der Waals surface area contributed by atoms with Crippen molar-refractivity contribution in [2.75, 3.05) is 19.8 Å². The fraction of sp³-hybridized carbons (Fsp3) is 0.467. The number of benzene rings is 1. The van der Waals surface area contributed by atoms with Crippen molar-refractivity contribution in [3.8, 4) is 0 Å². The van der Waals surface area contributed by atoms with E-state index in [0.717, 1.165) is 31.3 Å². The summed E-state index contributed by atoms with van der Waals surface area (Å²) < 4.78 is 6.76. The lowest BCUT2D eigenvalue weighted by Gasteiger charge is -2.22. The predicted octanol–water partition coefficient (Wildman–Crippen LogP) is 4.07. The molecular weight excluding hydrogens is 278 g/mol. The summed E-state index contributed by atoms with van der Waals surface area (Å²) in [6.07, 6.45) is 2.46. The van der Waals surface area contributed by atoms with Crippen LogP contribution in [0.25, 0.3) is 10.1 Å². The summed E-state index contributed by atoms with van der Waals surface area (Å²) in [5, 5.41) is 5.60. The second-order valence-corrected chi connectivity index (χ2v) is 6.56. The van der Waals surface area contributed by atoms with E-state index in [1.165, 1.54) is 27.8 Å². The van der Waals surface area contributed by atoms with E-state index in [0.29, 0.717) is 5.92 Å². The maximum Gasteiger partial charge on any atom is 0.0636 e. The molecule has 1 saturated heterocycles. The molecule has 1 fully saturated rings. The molecule has 3 rings (SSSR count). The molecule has 2 aromatic rings. The van der Waals surface area contributed by atoms with Crippen molar-refractivity contribution in [2.45, 2.75) is 19.4 Å². The Labute approximate surface area is 122 Å². The summed E-state index contributed by atoms with van der Waals surface area (Å²) in [4.78, 5) is 1.24. The van der Waals surface area contributed by atoms with Crippen LogP contribution in [-0.2, 0) is 11.3 Å². The minimum Gasteiger partial charge on any atom is -0.381 e. The minimum absolute atomic E-state index is 0.655. The Balaban J connectivity index is 1.60. The lowest BCUT2D eigenvalue weighted by molar-refractivity contribution is 0.0548. The van der Waals surface area contributed by atoms with Crippen molar-refractivity contribution in [2.24, 2.45) is 5.92 Å². The largest absolute Gasteiger partial charge is 0.381 e. The smallest absolute Gasteiger partial charge is 0.0636 e. The Morgan fingerprint density at radius 3 is 3.05 bits per heavy atom. The Bertz CT molecular complexity index is 548. The highest BCUT2D eigenvalue weighted by molar-refractivity contribution is 7.19. The molecule has 2 heterocycles. The lowest BCUT2D eigenvalue weighted by atomic mass is 10.0. The third kappa shape index (κ3) is 3.11. The van der Waals surface area contributed by atoms with Gasteiger partial charge in [0.05, 0.1) is 11.6 Å². The van der Waals surface area contributed by atoms with Gasteiger partial charge in [0.15, 0.2) is 0 Å². The average Bonchev–Trinajstić information content (AvgIpc) is 2.78. The molecule has 1 aliphatic heterocycles. The molecule has 1 atom stereocenters. The first-order valence-electron chi connectivity index (χ1n) is 6.79. The molecule has 0 aliphatic carbocycles. The number of hydrogen-bond donors (Lipinski definition) is 1. The first kappa shape index (κ1) is 13.4. The third-order valence-electron chi connectivity index (χ3n) is 3.57. The number of halogens is 1. The molecule has 2 nitrogen and oxygen atoms in total. The summed E-state index contributed by atoms with van der Waals surface area (Å²) in [7, 11) is 0. The molecule has 1 aromatic heterocycles. The van der Waals surface area contributed by atoms with Crippen LogP contribution < -0.4 is 5.32 Å². The number of hydrogen-bond acceptors (Lipinski definition) is 3. The quantitative estimate of drug-likeness (QED) is 0.918. The van der Waals surface area contributed by atoms with E-state index in [4.69, 9.17) is 16.3 Å². The van der Waals surface area contributed by atoms with Gasteiger partial charge >= 0.3 is 0 Å². The average molecular weight is 296 g/mol. The summed E-state index contributed by atoms with van der Waals surface area (Å²) in [5.41, 5.74) is 0. The van der Waals surface area contributed by atoms with Crippen LogP contribution in [0.3, 0.4) is 0 Å². The fourth-order valence-corrected chi connectivity index (χ4v) is 4.01. The van der Waals surface area contributed by atoms with Crippen LogP contribution in [-0.4, -0.2) is 19.8 Å². The van der Waals surface area contributed by atoms with Crippen LogP contribution in [0, 0.1) is 5.92 Å². The molecule has 1 unspecified atom stereocenters. The zero-order valence-electron chi connectivity index (χ0n) is 10.8. The van der Waals surface area contributed by atoms with Crippen molar-refractivity contribution in [1.29, 1.82) is 0 Å². The highest BCUT2D eigenvalue weighted by atomic mass is 35.5. The molecule has 0 radical (unpaired) electrons. The van der Waals surface area contributed by atoms with Gasteiger partial charge < -0.3 is 10.1 Å². The van der Waals surface area contributed by atoms with E-state index in [1.54, 1.807) is 11.3 Å². The predicted molar refractivity (Wildman–Crippen MR) is 82.1 cm³/mol. The Morgan fingerprint density at radius 1 is 1.37 bits per heavy atom. The maximum atomic E-state index is 6.42. The van der Waals surface area contributed by atoms with Gasteiger partial charge in [-0.05, 0) is 24.8 Å². The molecule has 19 heavy (non-hydrogen) atoms. The van der Waals surface area contributed by atoms with Crippen LogP contribution in [0.4, 0.5) is 0 Å². The van der Waals surface area contributed by atoms with Crippen LogP contribution in [0.2, 0.25) is 5.02 Å². The molecule has 102 valence electrons. The lowest BCUT2D eigenvalue weighted by Crippen LogP contribution is -2.28. The molecule has 0 amide bonds. The van der Waals surface area contributed by atoms with Crippen molar-refractivity contribution >= 4 is 33.0 Å². The van der Waals surface area contributed by atoms with E-state index in [-0.39, 0.29) is 0 Å². The topological polar surface area (TPSA) is 21.3 Å². The van der Waals surface area contributed by atoms with Crippen molar-refractivity contribution < 1.29 is 4.74 Å². The van der Waals surface area contributed by atoms with Gasteiger partial charge in [0, 0.05) is 34.7 Å². The van der Waals surface area contributed by atoms with Crippen molar-refractivity contribution in [3.05, 3.63) is 34.2 Å². The van der Waals surface area contributed by atoms with Crippen LogP contribution in [0.5, 0.6) is 0 Å². The van der Waals surface area contributed by atoms with E-state index < -0.39 is 0 Å². The molecule has 4 heteroatoms. The van der Waals surface area contributed by atoms with Gasteiger partial charge in [-0.1, -0.05) is 29.8 Å². The monoisotopic (exact) mass is 295 g/mol. The maximum absolute atomic E-state index is 6.42. The zero-order valence-corrected chi connectivity index (χ0v) is 12.4. The van der Waals surface area contributed by atoms with Gasteiger partial charge in [0.2, 0.25) is 0 Å².